The number of hydrogen-bond acceptors (Lipinski definition) is 5. The minimum absolute atomic E-state index is 0.544. The summed E-state index contributed by atoms with van der Waals surface area (Å²) < 4.78 is 1.82. The molecule has 1 fully saturated rings. The topological polar surface area (TPSA) is 58.3 Å². The summed E-state index contributed by atoms with van der Waals surface area (Å²) in [7, 11) is 1.93. The zero-order valence-electron chi connectivity index (χ0n) is 21.8. The van der Waals surface area contributed by atoms with Crippen LogP contribution >= 0.6 is 0 Å². The third kappa shape index (κ3) is 5.88. The van der Waals surface area contributed by atoms with Crippen LogP contribution in [0, 0.1) is 5.92 Å². The van der Waals surface area contributed by atoms with E-state index in [9.17, 15) is 0 Å². The van der Waals surface area contributed by atoms with E-state index in [0.717, 1.165) is 58.6 Å². The molecule has 4 rings (SSSR count). The van der Waals surface area contributed by atoms with Crippen LogP contribution < -0.4 is 5.32 Å². The van der Waals surface area contributed by atoms with E-state index < -0.39 is 0 Å². The van der Waals surface area contributed by atoms with Gasteiger partial charge in [0.15, 0.2) is 0 Å². The molecule has 6 nitrogen and oxygen atoms in total. The van der Waals surface area contributed by atoms with Gasteiger partial charge in [-0.15, -0.1) is 0 Å². The molecular formula is C29H38N6. The van der Waals surface area contributed by atoms with Gasteiger partial charge in [0.1, 0.15) is 5.82 Å². The van der Waals surface area contributed by atoms with Crippen molar-refractivity contribution >= 4 is 22.3 Å². The summed E-state index contributed by atoms with van der Waals surface area (Å²) in [6, 6.07) is 9.07. The Morgan fingerprint density at radius 3 is 2.57 bits per heavy atom. The Morgan fingerprint density at radius 1 is 1.17 bits per heavy atom. The first-order valence-electron chi connectivity index (χ1n) is 12.7. The Hall–Kier alpha value is -3.25. The van der Waals surface area contributed by atoms with Crippen molar-refractivity contribution in [2.45, 2.75) is 53.0 Å². The third-order valence-electron chi connectivity index (χ3n) is 6.98. The Labute approximate surface area is 209 Å². The summed E-state index contributed by atoms with van der Waals surface area (Å²) in [6.45, 7) is 15.4. The molecule has 0 aliphatic carbocycles. The Kier molecular flexibility index (Phi) is 7.81. The molecule has 1 N–H and O–H groups in total. The number of nitrogens with zero attached hydrogens (tertiary/aromatic N) is 5. The molecule has 0 radical (unpaired) electrons. The number of likely N-dealkylation sites (tertiary alicyclic amines) is 1. The van der Waals surface area contributed by atoms with Crippen molar-refractivity contribution in [1.29, 1.82) is 0 Å². The molecule has 0 saturated carbocycles. The Balaban J connectivity index is 1.49. The van der Waals surface area contributed by atoms with Crippen molar-refractivity contribution in [3.8, 4) is 11.1 Å². The molecule has 184 valence electrons. The largest absolute Gasteiger partial charge is 0.339 e. The SMILES string of the molecule is C=C(Nc1cc2cc(-c3cnn(C)c3)ccc2cn1)/C(=C/C)N=C(CC)C1CCN(C(C)C)CC1. The highest BCUT2D eigenvalue weighted by Crippen LogP contribution is 2.27. The lowest BCUT2D eigenvalue weighted by Gasteiger charge is -2.35. The molecule has 0 bridgehead atoms. The third-order valence-corrected chi connectivity index (χ3v) is 6.98. The summed E-state index contributed by atoms with van der Waals surface area (Å²) in [4.78, 5) is 12.3. The number of aromatic nitrogens is 3. The predicted molar refractivity (Wildman–Crippen MR) is 148 cm³/mol. The van der Waals surface area contributed by atoms with Crippen LogP contribution in [-0.2, 0) is 7.05 Å². The van der Waals surface area contributed by atoms with Crippen molar-refractivity contribution in [2.75, 3.05) is 18.4 Å². The second-order valence-corrected chi connectivity index (χ2v) is 9.67. The van der Waals surface area contributed by atoms with E-state index in [1.54, 1.807) is 0 Å². The maximum Gasteiger partial charge on any atom is 0.130 e. The number of fused-ring (bicyclic) bond motifs is 1. The summed E-state index contributed by atoms with van der Waals surface area (Å²) in [6.07, 6.45) is 11.2. The number of anilines is 1. The van der Waals surface area contributed by atoms with Gasteiger partial charge < -0.3 is 10.2 Å². The first-order valence-corrected chi connectivity index (χ1v) is 12.7. The highest BCUT2D eigenvalue weighted by molar-refractivity contribution is 5.89. The Morgan fingerprint density at radius 2 is 1.94 bits per heavy atom. The molecule has 3 aromatic rings. The number of benzene rings is 1. The summed E-state index contributed by atoms with van der Waals surface area (Å²) >= 11 is 0. The van der Waals surface area contributed by atoms with Crippen LogP contribution in [0.2, 0.25) is 0 Å². The molecule has 35 heavy (non-hydrogen) atoms. The fourth-order valence-electron chi connectivity index (χ4n) is 4.85. The average Bonchev–Trinajstić information content (AvgIpc) is 3.30. The number of piperidine rings is 1. The summed E-state index contributed by atoms with van der Waals surface area (Å²) in [5, 5.41) is 9.91. The van der Waals surface area contributed by atoms with E-state index in [-0.39, 0.29) is 0 Å². The van der Waals surface area contributed by atoms with Gasteiger partial charge in [-0.05, 0) is 82.1 Å². The predicted octanol–water partition coefficient (Wildman–Crippen LogP) is 6.44. The zero-order valence-corrected chi connectivity index (χ0v) is 21.8. The van der Waals surface area contributed by atoms with Crippen LogP contribution in [0.4, 0.5) is 5.82 Å². The number of aliphatic imine (C=N–C) groups is 1. The molecular weight excluding hydrogens is 432 g/mol. The molecule has 2 aromatic heterocycles. The fraction of sp³-hybridized carbons (Fsp3) is 0.414. The van der Waals surface area contributed by atoms with Gasteiger partial charge in [0.05, 0.1) is 17.6 Å². The second-order valence-electron chi connectivity index (χ2n) is 9.67. The quantitative estimate of drug-likeness (QED) is 0.304. The minimum Gasteiger partial charge on any atom is -0.339 e. The van der Waals surface area contributed by atoms with Gasteiger partial charge in [-0.2, -0.15) is 5.10 Å². The summed E-state index contributed by atoms with van der Waals surface area (Å²) in [5.74, 6) is 1.31. The van der Waals surface area contributed by atoms with Crippen LogP contribution in [-0.4, -0.2) is 44.5 Å². The second kappa shape index (κ2) is 11.0. The van der Waals surface area contributed by atoms with E-state index in [1.165, 1.54) is 18.6 Å². The van der Waals surface area contributed by atoms with Gasteiger partial charge in [0, 0.05) is 42.1 Å². The van der Waals surface area contributed by atoms with E-state index in [2.05, 4.69) is 71.9 Å². The molecule has 6 heteroatoms. The van der Waals surface area contributed by atoms with Gasteiger partial charge in [0.2, 0.25) is 0 Å². The first kappa shape index (κ1) is 24.9. The van der Waals surface area contributed by atoms with Crippen LogP contribution in [0.1, 0.15) is 47.0 Å². The molecule has 0 unspecified atom stereocenters. The molecule has 1 saturated heterocycles. The number of hydrogen-bond donors (Lipinski definition) is 1. The lowest BCUT2D eigenvalue weighted by molar-refractivity contribution is 0.169. The van der Waals surface area contributed by atoms with Crippen LogP contribution in [0.5, 0.6) is 0 Å². The Bertz CT molecular complexity index is 1240. The van der Waals surface area contributed by atoms with Gasteiger partial charge in [-0.3, -0.25) is 9.67 Å². The molecule has 1 aliphatic heterocycles. The molecule has 1 aromatic carbocycles. The number of rotatable bonds is 8. The lowest BCUT2D eigenvalue weighted by atomic mass is 9.90. The number of pyridine rings is 1. The normalized spacial score (nSPS) is 16.3. The van der Waals surface area contributed by atoms with Crippen molar-refractivity contribution in [3.63, 3.8) is 0 Å². The fourth-order valence-corrected chi connectivity index (χ4v) is 4.85. The number of allylic oxidation sites excluding steroid dienone is 1. The molecule has 1 aliphatic rings. The van der Waals surface area contributed by atoms with E-state index in [4.69, 9.17) is 4.99 Å². The highest BCUT2D eigenvalue weighted by Gasteiger charge is 2.24. The van der Waals surface area contributed by atoms with Crippen LogP contribution in [0.15, 0.2) is 71.9 Å². The van der Waals surface area contributed by atoms with Crippen molar-refractivity contribution in [1.82, 2.24) is 19.7 Å². The maximum atomic E-state index is 5.08. The van der Waals surface area contributed by atoms with Gasteiger partial charge in [-0.25, -0.2) is 4.98 Å². The zero-order chi connectivity index (χ0) is 24.9. The van der Waals surface area contributed by atoms with Gasteiger partial charge in [0.25, 0.3) is 0 Å². The van der Waals surface area contributed by atoms with Crippen molar-refractivity contribution in [2.24, 2.45) is 18.0 Å². The van der Waals surface area contributed by atoms with Crippen LogP contribution in [0.3, 0.4) is 0 Å². The van der Waals surface area contributed by atoms with E-state index in [0.29, 0.717) is 12.0 Å². The van der Waals surface area contributed by atoms with E-state index >= 15 is 0 Å². The minimum atomic E-state index is 0.544. The molecule has 0 spiro atoms. The number of nitrogens with one attached hydrogen (secondary N) is 1. The maximum absolute atomic E-state index is 5.08. The van der Waals surface area contributed by atoms with Crippen molar-refractivity contribution in [3.05, 3.63) is 66.9 Å². The summed E-state index contributed by atoms with van der Waals surface area (Å²) in [5.41, 5.74) is 5.17. The first-order chi connectivity index (χ1) is 16.9. The van der Waals surface area contributed by atoms with Gasteiger partial charge in [-0.1, -0.05) is 31.7 Å². The van der Waals surface area contributed by atoms with Crippen LogP contribution in [0.25, 0.3) is 21.9 Å². The molecule has 3 heterocycles. The standard InChI is InChI=1S/C29H38N6/c1-7-27(33-28(8-2)22-11-13-35(14-12-22)20(3)4)21(5)32-29-16-25-15-23(9-10-24(25)17-30-29)26-18-31-34(6)19-26/h7,9-10,15-20,22H,5,8,11-14H2,1-4,6H3,(H,30,32)/b27-7-,33-28?. The molecule has 0 atom stereocenters. The smallest absolute Gasteiger partial charge is 0.130 e. The van der Waals surface area contributed by atoms with Gasteiger partial charge >= 0.3 is 0 Å². The number of aryl methyl sites for hydroxylation is 1. The van der Waals surface area contributed by atoms with Crippen molar-refractivity contribution < 1.29 is 0 Å². The average molecular weight is 471 g/mol. The highest BCUT2D eigenvalue weighted by atomic mass is 15.2. The van der Waals surface area contributed by atoms with E-state index in [1.807, 2.05) is 43.3 Å². The monoisotopic (exact) mass is 470 g/mol. The lowest BCUT2D eigenvalue weighted by Crippen LogP contribution is -2.40. The molecule has 0 amide bonds.